The van der Waals surface area contributed by atoms with E-state index in [4.69, 9.17) is 23.7 Å². The number of aliphatic hydroxyl groups is 10. The van der Waals surface area contributed by atoms with Crippen LogP contribution >= 0.6 is 0 Å². The maximum atomic E-state index is 12.4. The molecule has 21 heteroatoms. The molecule has 3 heterocycles. The molecule has 3 saturated heterocycles. The van der Waals surface area contributed by atoms with E-state index in [-0.39, 0.29) is 0 Å². The number of carboxylic acids is 1. The fraction of sp³-hybridized carbons (Fsp3) is 0.880. The van der Waals surface area contributed by atoms with Crippen molar-refractivity contribution in [2.45, 2.75) is 118 Å². The number of amides is 2. The number of carbonyl (C=O) groups is 3. The zero-order valence-electron chi connectivity index (χ0n) is 24.7. The summed E-state index contributed by atoms with van der Waals surface area (Å²) in [4.78, 5) is 35.9. The molecule has 3 rings (SSSR count). The minimum Gasteiger partial charge on any atom is -0.477 e. The standard InChI is InChI=1S/C25H42N2O19/c1-7(30)26-13-9(32)3-25(24(40)41,46-21(13)15(34)10(33)4-28)42-6-12-16(35)18(37)19(38)23(44-12)45-20-14(27-8(2)31)22(39)43-11(5-29)17(20)36/h9-23,28-29,32-39H,3-6H2,1-2H3,(H,26,30)(H,27,31)(H,40,41)/t9-,10+,11+,12+,13+,14+,15+,16-,17+,18-,19+,20+,21+,22?,23-,25+/m0/s1. The molecular weight excluding hydrogens is 632 g/mol. The highest BCUT2D eigenvalue weighted by Crippen LogP contribution is 2.35. The molecule has 0 radical (unpaired) electrons. The van der Waals surface area contributed by atoms with Crippen LogP contribution in [0, 0.1) is 0 Å². The average molecular weight is 675 g/mol. The molecule has 16 atom stereocenters. The predicted octanol–water partition coefficient (Wildman–Crippen LogP) is -8.08. The molecule has 0 aromatic carbocycles. The molecule has 3 aliphatic rings. The van der Waals surface area contributed by atoms with Gasteiger partial charge in [-0.2, -0.15) is 0 Å². The average Bonchev–Trinajstić information content (AvgIpc) is 2.99. The fourth-order valence-corrected chi connectivity index (χ4v) is 5.45. The second-order valence-electron chi connectivity index (χ2n) is 11.3. The molecular formula is C25H42N2O19. The van der Waals surface area contributed by atoms with Crippen LogP contribution in [0.3, 0.4) is 0 Å². The van der Waals surface area contributed by atoms with Crippen LogP contribution in [-0.4, -0.2) is 191 Å². The van der Waals surface area contributed by atoms with Crippen LogP contribution in [0.2, 0.25) is 0 Å². The van der Waals surface area contributed by atoms with Crippen LogP contribution in [0.25, 0.3) is 0 Å². The molecule has 0 spiro atoms. The van der Waals surface area contributed by atoms with E-state index in [0.717, 1.165) is 13.8 Å². The third-order valence-electron chi connectivity index (χ3n) is 7.87. The number of aliphatic carboxylic acids is 1. The van der Waals surface area contributed by atoms with Gasteiger partial charge in [0.2, 0.25) is 11.8 Å². The van der Waals surface area contributed by atoms with Gasteiger partial charge in [-0.1, -0.05) is 0 Å². The summed E-state index contributed by atoms with van der Waals surface area (Å²) in [7, 11) is 0. The number of hydrogen-bond donors (Lipinski definition) is 13. The molecule has 2 amide bonds. The third-order valence-corrected chi connectivity index (χ3v) is 7.87. The minimum absolute atomic E-state index is 0.702. The Kier molecular flexibility index (Phi) is 13.1. The Balaban J connectivity index is 1.85. The van der Waals surface area contributed by atoms with E-state index in [0.29, 0.717) is 0 Å². The Morgan fingerprint density at radius 3 is 2.02 bits per heavy atom. The molecule has 21 nitrogen and oxygen atoms in total. The Bertz CT molecular complexity index is 1050. The Labute approximate surface area is 260 Å². The minimum atomic E-state index is -2.85. The number of aliphatic hydroxyl groups excluding tert-OH is 10. The van der Waals surface area contributed by atoms with Gasteiger partial charge in [0.05, 0.1) is 32.0 Å². The lowest BCUT2D eigenvalue weighted by Gasteiger charge is -2.48. The first-order valence-electron chi connectivity index (χ1n) is 14.2. The van der Waals surface area contributed by atoms with Crippen molar-refractivity contribution in [2.75, 3.05) is 19.8 Å². The van der Waals surface area contributed by atoms with Gasteiger partial charge in [0.1, 0.15) is 67.1 Å². The van der Waals surface area contributed by atoms with E-state index in [9.17, 15) is 70.6 Å². The summed E-state index contributed by atoms with van der Waals surface area (Å²) in [5.74, 6) is -6.15. The van der Waals surface area contributed by atoms with Crippen LogP contribution in [0.4, 0.5) is 0 Å². The number of rotatable bonds is 12. The van der Waals surface area contributed by atoms with Gasteiger partial charge in [0, 0.05) is 20.3 Å². The molecule has 0 aromatic rings. The molecule has 1 unspecified atom stereocenters. The largest absolute Gasteiger partial charge is 0.477 e. The predicted molar refractivity (Wildman–Crippen MR) is 142 cm³/mol. The summed E-state index contributed by atoms with van der Waals surface area (Å²) in [5.41, 5.74) is 0. The van der Waals surface area contributed by atoms with Crippen molar-refractivity contribution in [1.82, 2.24) is 10.6 Å². The lowest BCUT2D eigenvalue weighted by atomic mass is 9.88. The highest BCUT2D eigenvalue weighted by Gasteiger charge is 2.57. The first-order chi connectivity index (χ1) is 21.5. The monoisotopic (exact) mass is 674 g/mol. The number of carbonyl (C=O) groups excluding carboxylic acids is 2. The first-order valence-corrected chi connectivity index (χ1v) is 14.2. The Morgan fingerprint density at radius 2 is 1.48 bits per heavy atom. The van der Waals surface area contributed by atoms with Crippen LogP contribution in [-0.2, 0) is 38.1 Å². The van der Waals surface area contributed by atoms with E-state index in [2.05, 4.69) is 10.6 Å². The Hall–Kier alpha value is -2.19. The summed E-state index contributed by atoms with van der Waals surface area (Å²) < 4.78 is 27.2. The highest BCUT2D eigenvalue weighted by molar-refractivity contribution is 5.76. The van der Waals surface area contributed by atoms with Crippen molar-refractivity contribution in [3.05, 3.63) is 0 Å². The molecule has 0 aliphatic carbocycles. The van der Waals surface area contributed by atoms with Crippen LogP contribution in [0.15, 0.2) is 0 Å². The first kappa shape index (κ1) is 38.3. The lowest BCUT2D eigenvalue weighted by Crippen LogP contribution is -2.69. The lowest BCUT2D eigenvalue weighted by molar-refractivity contribution is -0.356. The highest BCUT2D eigenvalue weighted by atomic mass is 16.8. The normalized spacial score (nSPS) is 42.9. The molecule has 3 aliphatic heterocycles. The van der Waals surface area contributed by atoms with Crippen LogP contribution in [0.5, 0.6) is 0 Å². The van der Waals surface area contributed by atoms with E-state index in [1.54, 1.807) is 0 Å². The van der Waals surface area contributed by atoms with Crippen LogP contribution < -0.4 is 10.6 Å². The zero-order valence-corrected chi connectivity index (χ0v) is 24.7. The molecule has 0 bridgehead atoms. The van der Waals surface area contributed by atoms with Crippen molar-refractivity contribution in [3.8, 4) is 0 Å². The van der Waals surface area contributed by atoms with Gasteiger partial charge < -0.3 is 90.5 Å². The van der Waals surface area contributed by atoms with Crippen molar-refractivity contribution >= 4 is 17.8 Å². The third kappa shape index (κ3) is 8.26. The summed E-state index contributed by atoms with van der Waals surface area (Å²) >= 11 is 0. The van der Waals surface area contributed by atoms with E-state index in [1.165, 1.54) is 0 Å². The topological polar surface area (TPSA) is 344 Å². The van der Waals surface area contributed by atoms with E-state index >= 15 is 0 Å². The van der Waals surface area contributed by atoms with Crippen LogP contribution in [0.1, 0.15) is 20.3 Å². The SMILES string of the molecule is CC(=O)N[C@H]1[C@H]([C@H](O)[C@H](O)CO)O[C@@](OC[C@H]2O[C@@H](O[C@H]3[C@H](O)[C@@H](CO)OC(O)[C@@H]3NC(C)=O)[C@H](O)[C@@H](O)[C@H]2O)(C(=O)O)C[C@@H]1O. The number of carboxylic acid groups (broad SMARTS) is 1. The smallest absolute Gasteiger partial charge is 0.364 e. The molecule has 13 N–H and O–H groups in total. The second kappa shape index (κ2) is 15.8. The van der Waals surface area contributed by atoms with Gasteiger partial charge in [-0.15, -0.1) is 0 Å². The fourth-order valence-electron chi connectivity index (χ4n) is 5.45. The summed E-state index contributed by atoms with van der Waals surface area (Å²) in [6, 6.07) is -2.98. The quantitative estimate of drug-likeness (QED) is 0.0913. The van der Waals surface area contributed by atoms with Gasteiger partial charge in [-0.25, -0.2) is 4.79 Å². The molecule has 266 valence electrons. The Morgan fingerprint density at radius 1 is 0.870 bits per heavy atom. The number of ether oxygens (including phenoxy) is 5. The maximum Gasteiger partial charge on any atom is 0.364 e. The van der Waals surface area contributed by atoms with E-state index in [1.807, 2.05) is 0 Å². The van der Waals surface area contributed by atoms with Gasteiger partial charge in [0.25, 0.3) is 5.79 Å². The summed E-state index contributed by atoms with van der Waals surface area (Å²) in [6.45, 7) is -0.685. The van der Waals surface area contributed by atoms with Gasteiger partial charge in [0.15, 0.2) is 12.6 Å². The zero-order chi connectivity index (χ0) is 34.7. The van der Waals surface area contributed by atoms with Crippen molar-refractivity contribution in [1.29, 1.82) is 0 Å². The van der Waals surface area contributed by atoms with Gasteiger partial charge in [-0.05, 0) is 0 Å². The second-order valence-corrected chi connectivity index (χ2v) is 11.3. The summed E-state index contributed by atoms with van der Waals surface area (Å²) in [6.07, 6.45) is -25.0. The van der Waals surface area contributed by atoms with Crippen molar-refractivity contribution in [3.63, 3.8) is 0 Å². The number of hydrogen-bond acceptors (Lipinski definition) is 18. The number of nitrogens with one attached hydrogen (secondary N) is 2. The molecule has 3 fully saturated rings. The van der Waals surface area contributed by atoms with Crippen molar-refractivity contribution < 1.29 is 94.2 Å². The molecule has 0 saturated carbocycles. The van der Waals surface area contributed by atoms with Gasteiger partial charge >= 0.3 is 5.97 Å². The van der Waals surface area contributed by atoms with Gasteiger partial charge in [-0.3, -0.25) is 9.59 Å². The molecule has 46 heavy (non-hydrogen) atoms. The maximum absolute atomic E-state index is 12.4. The van der Waals surface area contributed by atoms with Crippen molar-refractivity contribution in [2.24, 2.45) is 0 Å². The van der Waals surface area contributed by atoms with E-state index < -0.39 is 142 Å². The summed E-state index contributed by atoms with van der Waals surface area (Å²) in [5, 5.41) is 118. The molecule has 0 aromatic heterocycles.